The Labute approximate surface area is 162 Å². The number of carbonyl (C=O) groups excluding carboxylic acids is 1. The highest BCUT2D eigenvalue weighted by Gasteiger charge is 2.27. The van der Waals surface area contributed by atoms with Crippen molar-refractivity contribution in [3.05, 3.63) is 60.2 Å². The normalized spacial score (nSPS) is 16.0. The SMILES string of the molecule is COc1ccc(N2CCN([C@H](C)C(=O)N(C)Cc3ccccc3)CC2)cc1. The first-order valence-electron chi connectivity index (χ1n) is 9.50. The number of hydrogen-bond acceptors (Lipinski definition) is 4. The van der Waals surface area contributed by atoms with Gasteiger partial charge in [0.1, 0.15) is 5.75 Å². The van der Waals surface area contributed by atoms with Gasteiger partial charge in [0, 0.05) is 45.5 Å². The molecular weight excluding hydrogens is 338 g/mol. The minimum absolute atomic E-state index is 0.100. The van der Waals surface area contributed by atoms with Gasteiger partial charge in [0.25, 0.3) is 0 Å². The van der Waals surface area contributed by atoms with Gasteiger partial charge in [-0.3, -0.25) is 9.69 Å². The minimum Gasteiger partial charge on any atom is -0.497 e. The summed E-state index contributed by atoms with van der Waals surface area (Å²) >= 11 is 0. The molecule has 0 aromatic heterocycles. The molecule has 1 atom stereocenters. The van der Waals surface area contributed by atoms with Crippen molar-refractivity contribution in [2.24, 2.45) is 0 Å². The Bertz CT molecular complexity index is 725. The van der Waals surface area contributed by atoms with Crippen molar-refractivity contribution in [2.45, 2.75) is 19.5 Å². The highest BCUT2D eigenvalue weighted by molar-refractivity contribution is 5.81. The maximum atomic E-state index is 12.8. The van der Waals surface area contributed by atoms with Gasteiger partial charge in [-0.15, -0.1) is 0 Å². The summed E-state index contributed by atoms with van der Waals surface area (Å²) in [7, 11) is 3.57. The molecule has 27 heavy (non-hydrogen) atoms. The number of benzene rings is 2. The van der Waals surface area contributed by atoms with E-state index in [1.807, 2.05) is 49.2 Å². The number of carbonyl (C=O) groups is 1. The summed E-state index contributed by atoms with van der Waals surface area (Å²) in [6.07, 6.45) is 0. The second kappa shape index (κ2) is 8.91. The van der Waals surface area contributed by atoms with Crippen molar-refractivity contribution >= 4 is 11.6 Å². The second-order valence-electron chi connectivity index (χ2n) is 7.08. The molecule has 5 nitrogen and oxygen atoms in total. The highest BCUT2D eigenvalue weighted by Crippen LogP contribution is 2.21. The number of anilines is 1. The van der Waals surface area contributed by atoms with Gasteiger partial charge in [-0.25, -0.2) is 0 Å². The Kier molecular flexibility index (Phi) is 6.35. The molecule has 1 saturated heterocycles. The van der Waals surface area contributed by atoms with Crippen molar-refractivity contribution in [1.29, 1.82) is 0 Å². The number of hydrogen-bond donors (Lipinski definition) is 0. The molecule has 2 aromatic carbocycles. The van der Waals surface area contributed by atoms with E-state index in [1.54, 1.807) is 7.11 Å². The number of methoxy groups -OCH3 is 1. The van der Waals surface area contributed by atoms with Crippen LogP contribution in [0.15, 0.2) is 54.6 Å². The molecule has 1 heterocycles. The molecule has 0 aliphatic carbocycles. The predicted molar refractivity (Wildman–Crippen MR) is 109 cm³/mol. The molecule has 0 radical (unpaired) electrons. The smallest absolute Gasteiger partial charge is 0.239 e. The summed E-state index contributed by atoms with van der Waals surface area (Å²) in [5, 5.41) is 0. The number of amides is 1. The van der Waals surface area contributed by atoms with Crippen LogP contribution in [-0.4, -0.2) is 62.1 Å². The van der Waals surface area contributed by atoms with Crippen LogP contribution in [0.4, 0.5) is 5.69 Å². The Morgan fingerprint density at radius 3 is 2.26 bits per heavy atom. The van der Waals surface area contributed by atoms with E-state index >= 15 is 0 Å². The van der Waals surface area contributed by atoms with Gasteiger partial charge in [0.15, 0.2) is 0 Å². The average molecular weight is 367 g/mol. The molecular formula is C22H29N3O2. The molecule has 1 aliphatic heterocycles. The standard InChI is InChI=1S/C22H29N3O2/c1-18(22(26)23(2)17-19-7-5-4-6-8-19)24-13-15-25(16-14-24)20-9-11-21(27-3)12-10-20/h4-12,18H,13-17H2,1-3H3/t18-/m1/s1. The van der Waals surface area contributed by atoms with Crippen LogP contribution in [0.1, 0.15) is 12.5 Å². The zero-order chi connectivity index (χ0) is 19.2. The largest absolute Gasteiger partial charge is 0.497 e. The Hall–Kier alpha value is -2.53. The lowest BCUT2D eigenvalue weighted by atomic mass is 10.1. The van der Waals surface area contributed by atoms with E-state index in [2.05, 4.69) is 34.1 Å². The minimum atomic E-state index is -0.100. The number of likely N-dealkylation sites (N-methyl/N-ethyl adjacent to an activating group) is 1. The Morgan fingerprint density at radius 2 is 1.67 bits per heavy atom. The first-order valence-corrected chi connectivity index (χ1v) is 9.50. The fourth-order valence-corrected chi connectivity index (χ4v) is 3.57. The van der Waals surface area contributed by atoms with Crippen molar-refractivity contribution in [2.75, 3.05) is 45.2 Å². The zero-order valence-corrected chi connectivity index (χ0v) is 16.5. The molecule has 1 fully saturated rings. The summed E-state index contributed by atoms with van der Waals surface area (Å²) in [5.74, 6) is 1.05. The third-order valence-electron chi connectivity index (χ3n) is 5.30. The van der Waals surface area contributed by atoms with Gasteiger partial charge in [-0.05, 0) is 36.8 Å². The molecule has 1 aliphatic rings. The fourth-order valence-electron chi connectivity index (χ4n) is 3.57. The first kappa shape index (κ1) is 19.2. The van der Waals surface area contributed by atoms with E-state index in [-0.39, 0.29) is 11.9 Å². The molecule has 0 bridgehead atoms. The number of rotatable bonds is 6. The molecule has 0 unspecified atom stereocenters. The van der Waals surface area contributed by atoms with Crippen LogP contribution in [0.25, 0.3) is 0 Å². The average Bonchev–Trinajstić information content (AvgIpc) is 2.73. The zero-order valence-electron chi connectivity index (χ0n) is 16.5. The fraction of sp³-hybridized carbons (Fsp3) is 0.409. The summed E-state index contributed by atoms with van der Waals surface area (Å²) in [6.45, 7) is 6.29. The number of ether oxygens (including phenoxy) is 1. The lowest BCUT2D eigenvalue weighted by Crippen LogP contribution is -2.54. The van der Waals surface area contributed by atoms with Crippen LogP contribution < -0.4 is 9.64 Å². The monoisotopic (exact) mass is 367 g/mol. The van der Waals surface area contributed by atoms with Crippen LogP contribution in [0, 0.1) is 0 Å². The summed E-state index contributed by atoms with van der Waals surface area (Å²) in [4.78, 5) is 19.3. The predicted octanol–water partition coefficient (Wildman–Crippen LogP) is 2.86. The molecule has 0 saturated carbocycles. The van der Waals surface area contributed by atoms with Crippen LogP contribution in [-0.2, 0) is 11.3 Å². The van der Waals surface area contributed by atoms with Gasteiger partial charge in [0.2, 0.25) is 5.91 Å². The van der Waals surface area contributed by atoms with E-state index in [9.17, 15) is 4.79 Å². The van der Waals surface area contributed by atoms with Gasteiger partial charge in [-0.2, -0.15) is 0 Å². The van der Waals surface area contributed by atoms with E-state index in [0.29, 0.717) is 6.54 Å². The van der Waals surface area contributed by atoms with Gasteiger partial charge in [-0.1, -0.05) is 30.3 Å². The molecule has 2 aromatic rings. The summed E-state index contributed by atoms with van der Waals surface area (Å²) in [5.41, 5.74) is 2.36. The van der Waals surface area contributed by atoms with E-state index in [0.717, 1.165) is 37.5 Å². The molecule has 0 N–H and O–H groups in total. The van der Waals surface area contributed by atoms with Crippen LogP contribution in [0.2, 0.25) is 0 Å². The highest BCUT2D eigenvalue weighted by atomic mass is 16.5. The third kappa shape index (κ3) is 4.80. The first-order chi connectivity index (χ1) is 13.1. The van der Waals surface area contributed by atoms with Crippen LogP contribution in [0.5, 0.6) is 5.75 Å². The Morgan fingerprint density at radius 1 is 1.04 bits per heavy atom. The third-order valence-corrected chi connectivity index (χ3v) is 5.30. The maximum Gasteiger partial charge on any atom is 0.239 e. The van der Waals surface area contributed by atoms with Gasteiger partial charge in [0.05, 0.1) is 13.2 Å². The quantitative estimate of drug-likeness (QED) is 0.787. The van der Waals surface area contributed by atoms with Crippen LogP contribution in [0.3, 0.4) is 0 Å². The number of nitrogens with zero attached hydrogens (tertiary/aromatic N) is 3. The van der Waals surface area contributed by atoms with E-state index in [1.165, 1.54) is 5.69 Å². The topological polar surface area (TPSA) is 36.0 Å². The van der Waals surface area contributed by atoms with Crippen molar-refractivity contribution < 1.29 is 9.53 Å². The van der Waals surface area contributed by atoms with Gasteiger partial charge >= 0.3 is 0 Å². The van der Waals surface area contributed by atoms with Crippen molar-refractivity contribution in [3.8, 4) is 5.75 Å². The van der Waals surface area contributed by atoms with E-state index < -0.39 is 0 Å². The molecule has 5 heteroatoms. The maximum absolute atomic E-state index is 12.8. The molecule has 0 spiro atoms. The van der Waals surface area contributed by atoms with Gasteiger partial charge < -0.3 is 14.5 Å². The molecule has 1 amide bonds. The summed E-state index contributed by atoms with van der Waals surface area (Å²) < 4.78 is 5.23. The molecule has 144 valence electrons. The number of piperazine rings is 1. The van der Waals surface area contributed by atoms with Crippen LogP contribution >= 0.6 is 0 Å². The van der Waals surface area contributed by atoms with E-state index in [4.69, 9.17) is 4.74 Å². The van der Waals surface area contributed by atoms with Crippen molar-refractivity contribution in [1.82, 2.24) is 9.80 Å². The van der Waals surface area contributed by atoms with Crippen molar-refractivity contribution in [3.63, 3.8) is 0 Å². The summed E-state index contributed by atoms with van der Waals surface area (Å²) in [6, 6.07) is 18.2. The lowest BCUT2D eigenvalue weighted by Gasteiger charge is -2.39. The second-order valence-corrected chi connectivity index (χ2v) is 7.08. The Balaban J connectivity index is 1.52. The lowest BCUT2D eigenvalue weighted by molar-refractivity contribution is -0.135. The molecule has 3 rings (SSSR count).